The average molecular weight is 389 g/mol. The normalized spacial score (nSPS) is 16.4. The van der Waals surface area contributed by atoms with Crippen LogP contribution in [-0.2, 0) is 20.9 Å². The molecular formula is C20H21F2N3O3. The van der Waals surface area contributed by atoms with Crippen LogP contribution in [0.1, 0.15) is 5.56 Å². The van der Waals surface area contributed by atoms with Gasteiger partial charge in [0.2, 0.25) is 5.91 Å². The van der Waals surface area contributed by atoms with Crippen molar-refractivity contribution in [2.24, 2.45) is 0 Å². The summed E-state index contributed by atoms with van der Waals surface area (Å²) in [5.74, 6) is -2.07. The summed E-state index contributed by atoms with van der Waals surface area (Å²) in [7, 11) is 0. The average Bonchev–Trinajstić information content (AvgIpc) is 2.71. The van der Waals surface area contributed by atoms with Crippen LogP contribution in [0, 0.1) is 11.6 Å². The number of halogens is 2. The van der Waals surface area contributed by atoms with Gasteiger partial charge < -0.3 is 20.3 Å². The van der Waals surface area contributed by atoms with Gasteiger partial charge in [-0.1, -0.05) is 30.3 Å². The van der Waals surface area contributed by atoms with Gasteiger partial charge in [-0.3, -0.25) is 9.59 Å². The second-order valence-corrected chi connectivity index (χ2v) is 6.38. The van der Waals surface area contributed by atoms with E-state index in [1.807, 2.05) is 0 Å². The second kappa shape index (κ2) is 9.38. The Morgan fingerprint density at radius 2 is 1.82 bits per heavy atom. The van der Waals surface area contributed by atoms with Crippen molar-refractivity contribution in [2.75, 3.05) is 31.6 Å². The Labute approximate surface area is 161 Å². The Morgan fingerprint density at radius 3 is 2.50 bits per heavy atom. The molecule has 1 fully saturated rings. The van der Waals surface area contributed by atoms with Crippen LogP contribution < -0.4 is 10.6 Å². The minimum absolute atomic E-state index is 0.0152. The fourth-order valence-electron chi connectivity index (χ4n) is 2.90. The third-order valence-corrected chi connectivity index (χ3v) is 4.32. The highest BCUT2D eigenvalue weighted by molar-refractivity contribution is 5.95. The van der Waals surface area contributed by atoms with Crippen LogP contribution in [0.15, 0.2) is 48.5 Å². The summed E-state index contributed by atoms with van der Waals surface area (Å²) in [6.45, 7) is 0.842. The molecule has 8 heteroatoms. The highest BCUT2D eigenvalue weighted by Gasteiger charge is 2.29. The van der Waals surface area contributed by atoms with Crippen LogP contribution in [0.3, 0.4) is 0 Å². The van der Waals surface area contributed by atoms with Crippen LogP contribution in [-0.4, -0.2) is 49.1 Å². The van der Waals surface area contributed by atoms with Crippen molar-refractivity contribution in [3.8, 4) is 0 Å². The number of carbonyl (C=O) groups excluding carboxylic acids is 2. The first-order chi connectivity index (χ1) is 13.5. The lowest BCUT2D eigenvalue weighted by atomic mass is 10.1. The number of hydrogen-bond acceptors (Lipinski definition) is 4. The summed E-state index contributed by atoms with van der Waals surface area (Å²) in [5, 5.41) is 5.49. The standard InChI is InChI=1S/C20H21F2N3O3/c21-15-6-2-1-5-14(15)12-25(20(27)18-11-23-9-10-28-18)13-19(26)24-17-8-4-3-7-16(17)22/h1-8,18,23H,9-13H2,(H,24,26). The number of hydrogen-bond donors (Lipinski definition) is 2. The number of rotatable bonds is 6. The van der Waals surface area contributed by atoms with Crippen LogP contribution in [0.25, 0.3) is 0 Å². The summed E-state index contributed by atoms with van der Waals surface area (Å²) < 4.78 is 33.3. The van der Waals surface area contributed by atoms with E-state index in [0.29, 0.717) is 19.7 Å². The predicted molar refractivity (Wildman–Crippen MR) is 99.5 cm³/mol. The molecular weight excluding hydrogens is 368 g/mol. The van der Waals surface area contributed by atoms with E-state index in [9.17, 15) is 18.4 Å². The van der Waals surface area contributed by atoms with Gasteiger partial charge in [0, 0.05) is 25.2 Å². The lowest BCUT2D eigenvalue weighted by molar-refractivity contribution is -0.147. The van der Waals surface area contributed by atoms with E-state index in [2.05, 4.69) is 10.6 Å². The maximum atomic E-state index is 14.1. The largest absolute Gasteiger partial charge is 0.366 e. The SMILES string of the molecule is O=C(CN(Cc1ccccc1F)C(=O)C1CNCCO1)Nc1ccccc1F. The van der Waals surface area contributed by atoms with Gasteiger partial charge in [-0.05, 0) is 18.2 Å². The Bertz CT molecular complexity index is 841. The predicted octanol–water partition coefficient (Wildman–Crippen LogP) is 1.92. The molecule has 28 heavy (non-hydrogen) atoms. The molecule has 6 nitrogen and oxygen atoms in total. The third kappa shape index (κ3) is 5.11. The molecule has 0 aromatic heterocycles. The maximum Gasteiger partial charge on any atom is 0.253 e. The van der Waals surface area contributed by atoms with E-state index >= 15 is 0 Å². The smallest absolute Gasteiger partial charge is 0.253 e. The minimum atomic E-state index is -0.762. The Balaban J connectivity index is 1.75. The van der Waals surface area contributed by atoms with Crippen molar-refractivity contribution in [2.45, 2.75) is 12.6 Å². The molecule has 2 aromatic rings. The third-order valence-electron chi connectivity index (χ3n) is 4.32. The molecule has 3 rings (SSSR count). The van der Waals surface area contributed by atoms with Gasteiger partial charge in [-0.15, -0.1) is 0 Å². The van der Waals surface area contributed by atoms with E-state index in [4.69, 9.17) is 4.74 Å². The molecule has 1 aliphatic heterocycles. The lowest BCUT2D eigenvalue weighted by Crippen LogP contribution is -2.50. The van der Waals surface area contributed by atoms with E-state index in [1.54, 1.807) is 24.3 Å². The number of ether oxygens (including phenoxy) is 1. The number of carbonyl (C=O) groups is 2. The summed E-state index contributed by atoms with van der Waals surface area (Å²) >= 11 is 0. The fourth-order valence-corrected chi connectivity index (χ4v) is 2.90. The summed E-state index contributed by atoms with van der Waals surface area (Å²) in [6, 6.07) is 11.8. The van der Waals surface area contributed by atoms with Crippen LogP contribution in [0.2, 0.25) is 0 Å². The van der Waals surface area contributed by atoms with Crippen molar-refractivity contribution in [3.05, 3.63) is 65.7 Å². The number of benzene rings is 2. The van der Waals surface area contributed by atoms with E-state index in [-0.39, 0.29) is 24.3 Å². The summed E-state index contributed by atoms with van der Waals surface area (Å²) in [6.07, 6.45) is -0.762. The van der Waals surface area contributed by atoms with Gasteiger partial charge in [0.1, 0.15) is 24.3 Å². The molecule has 0 spiro atoms. The summed E-state index contributed by atoms with van der Waals surface area (Å²) in [4.78, 5) is 26.5. The van der Waals surface area contributed by atoms with Crippen molar-refractivity contribution in [3.63, 3.8) is 0 Å². The van der Waals surface area contributed by atoms with Gasteiger partial charge in [0.15, 0.2) is 0 Å². The molecule has 1 aliphatic rings. The zero-order chi connectivity index (χ0) is 19.9. The molecule has 2 N–H and O–H groups in total. The highest BCUT2D eigenvalue weighted by Crippen LogP contribution is 2.15. The van der Waals surface area contributed by atoms with Crippen molar-refractivity contribution >= 4 is 17.5 Å². The van der Waals surface area contributed by atoms with Crippen LogP contribution in [0.5, 0.6) is 0 Å². The minimum Gasteiger partial charge on any atom is -0.366 e. The van der Waals surface area contributed by atoms with Gasteiger partial charge in [-0.2, -0.15) is 0 Å². The molecule has 1 saturated heterocycles. The zero-order valence-corrected chi connectivity index (χ0v) is 15.2. The molecule has 0 radical (unpaired) electrons. The molecule has 0 aliphatic carbocycles. The molecule has 2 amide bonds. The number of nitrogens with one attached hydrogen (secondary N) is 2. The van der Waals surface area contributed by atoms with Crippen LogP contribution in [0.4, 0.5) is 14.5 Å². The van der Waals surface area contributed by atoms with E-state index in [0.717, 1.165) is 0 Å². The van der Waals surface area contributed by atoms with Gasteiger partial charge in [0.05, 0.1) is 12.3 Å². The number of nitrogens with zero attached hydrogens (tertiary/aromatic N) is 1. The molecule has 0 bridgehead atoms. The number of anilines is 1. The number of amides is 2. The maximum absolute atomic E-state index is 14.1. The van der Waals surface area contributed by atoms with Crippen molar-refractivity contribution in [1.82, 2.24) is 10.2 Å². The molecule has 1 heterocycles. The van der Waals surface area contributed by atoms with E-state index in [1.165, 1.54) is 29.2 Å². The Kier molecular flexibility index (Phi) is 6.67. The first kappa shape index (κ1) is 19.9. The first-order valence-corrected chi connectivity index (χ1v) is 8.93. The molecule has 2 aromatic carbocycles. The Hall–Kier alpha value is -2.84. The van der Waals surface area contributed by atoms with Gasteiger partial charge in [-0.25, -0.2) is 8.78 Å². The fraction of sp³-hybridized carbons (Fsp3) is 0.300. The Morgan fingerprint density at radius 1 is 1.11 bits per heavy atom. The summed E-state index contributed by atoms with van der Waals surface area (Å²) in [5.41, 5.74) is 0.291. The molecule has 1 unspecified atom stereocenters. The van der Waals surface area contributed by atoms with Gasteiger partial charge >= 0.3 is 0 Å². The second-order valence-electron chi connectivity index (χ2n) is 6.38. The van der Waals surface area contributed by atoms with Gasteiger partial charge in [0.25, 0.3) is 5.91 Å². The number of morpholine rings is 1. The van der Waals surface area contributed by atoms with Crippen molar-refractivity contribution in [1.29, 1.82) is 0 Å². The number of para-hydroxylation sites is 1. The first-order valence-electron chi connectivity index (χ1n) is 8.93. The molecule has 148 valence electrons. The highest BCUT2D eigenvalue weighted by atomic mass is 19.1. The monoisotopic (exact) mass is 389 g/mol. The molecule has 1 atom stereocenters. The quantitative estimate of drug-likeness (QED) is 0.792. The molecule has 0 saturated carbocycles. The van der Waals surface area contributed by atoms with Crippen molar-refractivity contribution < 1.29 is 23.1 Å². The lowest BCUT2D eigenvalue weighted by Gasteiger charge is -2.29. The zero-order valence-electron chi connectivity index (χ0n) is 15.2. The van der Waals surface area contributed by atoms with Crippen LogP contribution >= 0.6 is 0 Å². The van der Waals surface area contributed by atoms with E-state index < -0.39 is 29.6 Å². The topological polar surface area (TPSA) is 70.7 Å².